The summed E-state index contributed by atoms with van der Waals surface area (Å²) in [5.41, 5.74) is 6.30. The van der Waals surface area contributed by atoms with Crippen molar-refractivity contribution in [3.63, 3.8) is 0 Å². The molecule has 206 valence electrons. The van der Waals surface area contributed by atoms with E-state index in [0.717, 1.165) is 59.3 Å². The van der Waals surface area contributed by atoms with Gasteiger partial charge in [0, 0.05) is 49.0 Å². The van der Waals surface area contributed by atoms with Gasteiger partial charge in [0.15, 0.2) is 0 Å². The maximum Gasteiger partial charge on any atom is 0.287 e. The highest BCUT2D eigenvalue weighted by Crippen LogP contribution is 2.26. The topological polar surface area (TPSA) is 92.2 Å². The monoisotopic (exact) mass is 564 g/mol. The molecule has 2 N–H and O–H groups in total. The number of piperazine rings is 1. The van der Waals surface area contributed by atoms with Crippen molar-refractivity contribution in [2.75, 3.05) is 36.4 Å². The summed E-state index contributed by atoms with van der Waals surface area (Å²) in [7, 11) is 0. The molecule has 0 unspecified atom stereocenters. The highest BCUT2D eigenvalue weighted by Gasteiger charge is 2.18. The summed E-state index contributed by atoms with van der Waals surface area (Å²) in [4.78, 5) is 32.6. The van der Waals surface area contributed by atoms with Crippen molar-refractivity contribution in [2.24, 2.45) is 0 Å². The minimum atomic E-state index is -0.334. The van der Waals surface area contributed by atoms with Crippen molar-refractivity contribution in [1.82, 2.24) is 20.1 Å². The van der Waals surface area contributed by atoms with E-state index in [0.29, 0.717) is 16.9 Å². The Hall–Kier alpha value is -4.53. The number of anilines is 2. The van der Waals surface area contributed by atoms with E-state index in [1.165, 1.54) is 4.68 Å². The molecule has 0 aliphatic carbocycles. The Morgan fingerprint density at radius 3 is 2.59 bits per heavy atom. The van der Waals surface area contributed by atoms with Crippen LogP contribution in [0.2, 0.25) is 5.02 Å². The summed E-state index contributed by atoms with van der Waals surface area (Å²) >= 11 is 6.49. The maximum absolute atomic E-state index is 13.1. The van der Waals surface area contributed by atoms with Crippen LogP contribution in [0, 0.1) is 6.92 Å². The molecule has 0 spiro atoms. The molecule has 5 aromatic rings. The summed E-state index contributed by atoms with van der Waals surface area (Å²) in [5.74, 6) is -0.210. The number of hydrogen-bond donors (Lipinski definition) is 2. The van der Waals surface area contributed by atoms with Gasteiger partial charge in [0.05, 0.1) is 23.9 Å². The summed E-state index contributed by atoms with van der Waals surface area (Å²) in [6.07, 6.45) is 3.44. The zero-order valence-electron chi connectivity index (χ0n) is 22.6. The van der Waals surface area contributed by atoms with Gasteiger partial charge < -0.3 is 15.5 Å². The second kappa shape index (κ2) is 11.5. The van der Waals surface area contributed by atoms with Crippen LogP contribution in [0.1, 0.15) is 21.5 Å². The van der Waals surface area contributed by atoms with Crippen LogP contribution in [0.15, 0.2) is 90.0 Å². The lowest BCUT2D eigenvalue weighted by Crippen LogP contribution is -2.44. The van der Waals surface area contributed by atoms with Gasteiger partial charge in [-0.15, -0.1) is 0 Å². The number of nitrogens with one attached hydrogen (secondary N) is 2. The molecule has 6 rings (SSSR count). The van der Waals surface area contributed by atoms with Gasteiger partial charge in [0.2, 0.25) is 0 Å². The number of carbonyl (C=O) groups excluding carboxylic acids is 1. The molecule has 41 heavy (non-hydrogen) atoms. The van der Waals surface area contributed by atoms with Crippen LogP contribution in [0.4, 0.5) is 11.4 Å². The van der Waals surface area contributed by atoms with E-state index >= 15 is 0 Å². The molecule has 0 saturated carbocycles. The molecule has 2 aromatic heterocycles. The molecular formula is C32H29ClN6O2. The normalized spacial score (nSPS) is 13.4. The van der Waals surface area contributed by atoms with Crippen LogP contribution in [0.3, 0.4) is 0 Å². The molecule has 1 amide bonds. The Balaban J connectivity index is 1.17. The molecule has 8 nitrogen and oxygen atoms in total. The molecule has 3 aromatic carbocycles. The fraction of sp³-hybridized carbons (Fsp3) is 0.188. The predicted molar refractivity (Wildman–Crippen MR) is 164 cm³/mol. The fourth-order valence-corrected chi connectivity index (χ4v) is 5.38. The number of benzene rings is 3. The number of fused-ring (bicyclic) bond motifs is 1. The number of halogens is 1. The fourth-order valence-electron chi connectivity index (χ4n) is 5.11. The van der Waals surface area contributed by atoms with Crippen LogP contribution < -0.4 is 21.1 Å². The van der Waals surface area contributed by atoms with Crippen LogP contribution in [-0.4, -0.2) is 46.9 Å². The molecular weight excluding hydrogens is 536 g/mol. The third-order valence-corrected chi connectivity index (χ3v) is 7.88. The smallest absolute Gasteiger partial charge is 0.287 e. The molecule has 1 fully saturated rings. The highest BCUT2D eigenvalue weighted by molar-refractivity contribution is 6.33. The second-order valence-electron chi connectivity index (χ2n) is 10.1. The first-order chi connectivity index (χ1) is 20.0. The lowest BCUT2D eigenvalue weighted by atomic mass is 10.0. The molecule has 1 aliphatic rings. The third kappa shape index (κ3) is 5.57. The van der Waals surface area contributed by atoms with Gasteiger partial charge in [-0.25, -0.2) is 4.68 Å². The number of carbonyl (C=O) groups is 1. The molecule has 0 bridgehead atoms. The average Bonchev–Trinajstić information content (AvgIpc) is 3.01. The molecule has 0 radical (unpaired) electrons. The zero-order chi connectivity index (χ0) is 28.3. The van der Waals surface area contributed by atoms with Crippen LogP contribution in [-0.2, 0) is 6.54 Å². The predicted octanol–water partition coefficient (Wildman–Crippen LogP) is 5.13. The molecule has 1 aliphatic heterocycles. The van der Waals surface area contributed by atoms with Gasteiger partial charge >= 0.3 is 0 Å². The number of aromatic nitrogens is 3. The molecule has 1 saturated heterocycles. The Labute approximate surface area is 242 Å². The number of pyridine rings is 1. The zero-order valence-corrected chi connectivity index (χ0v) is 23.4. The highest BCUT2D eigenvalue weighted by atomic mass is 35.5. The van der Waals surface area contributed by atoms with Crippen LogP contribution in [0.5, 0.6) is 0 Å². The summed E-state index contributed by atoms with van der Waals surface area (Å²) in [6, 6.07) is 23.3. The van der Waals surface area contributed by atoms with E-state index in [-0.39, 0.29) is 23.0 Å². The standard InChI is InChI=1S/C32H29ClN6O2/c1-21-26(20-39-32(41)30(33)29(19-36-39)38-16-14-34-15-17-38)4-2-6-27(21)37-31(40)23-9-7-22(8-10-23)24-11-12-28-25(18-24)5-3-13-35-28/h2-13,18-19,34H,14-17,20H2,1H3,(H,37,40). The summed E-state index contributed by atoms with van der Waals surface area (Å²) in [5, 5.41) is 12.0. The summed E-state index contributed by atoms with van der Waals surface area (Å²) < 4.78 is 1.36. The number of rotatable bonds is 6. The van der Waals surface area contributed by atoms with Crippen molar-refractivity contribution < 1.29 is 4.79 Å². The van der Waals surface area contributed by atoms with E-state index in [1.807, 2.05) is 73.7 Å². The molecule has 3 heterocycles. The van der Waals surface area contributed by atoms with E-state index < -0.39 is 0 Å². The number of hydrogen-bond acceptors (Lipinski definition) is 6. The first kappa shape index (κ1) is 26.7. The van der Waals surface area contributed by atoms with Crippen LogP contribution in [0.25, 0.3) is 22.0 Å². The van der Waals surface area contributed by atoms with E-state index in [2.05, 4.69) is 31.7 Å². The average molecular weight is 565 g/mol. The quantitative estimate of drug-likeness (QED) is 0.297. The minimum Gasteiger partial charge on any atom is -0.366 e. The van der Waals surface area contributed by atoms with E-state index in [1.54, 1.807) is 12.4 Å². The first-order valence-electron chi connectivity index (χ1n) is 13.5. The number of amides is 1. The Morgan fingerprint density at radius 2 is 1.78 bits per heavy atom. The van der Waals surface area contributed by atoms with Gasteiger partial charge in [0.1, 0.15) is 5.02 Å². The lowest BCUT2D eigenvalue weighted by Gasteiger charge is -2.29. The lowest BCUT2D eigenvalue weighted by molar-refractivity contribution is 0.102. The molecule has 9 heteroatoms. The van der Waals surface area contributed by atoms with Gasteiger partial charge in [-0.3, -0.25) is 14.6 Å². The van der Waals surface area contributed by atoms with Gasteiger partial charge in [-0.1, -0.05) is 48.0 Å². The minimum absolute atomic E-state index is 0.174. The third-order valence-electron chi connectivity index (χ3n) is 7.52. The largest absolute Gasteiger partial charge is 0.366 e. The second-order valence-corrected chi connectivity index (χ2v) is 10.5. The van der Waals surface area contributed by atoms with Crippen molar-refractivity contribution >= 4 is 39.8 Å². The molecule has 0 atom stereocenters. The van der Waals surface area contributed by atoms with Crippen molar-refractivity contribution in [3.8, 4) is 11.1 Å². The Kier molecular flexibility index (Phi) is 7.50. The SMILES string of the molecule is Cc1c(Cn2ncc(N3CCNCC3)c(Cl)c2=O)cccc1NC(=O)c1ccc(-c2ccc3ncccc3c2)cc1. The van der Waals surface area contributed by atoms with Crippen molar-refractivity contribution in [1.29, 1.82) is 0 Å². The van der Waals surface area contributed by atoms with Crippen molar-refractivity contribution in [3.05, 3.63) is 117 Å². The first-order valence-corrected chi connectivity index (χ1v) is 13.9. The van der Waals surface area contributed by atoms with Crippen molar-refractivity contribution in [2.45, 2.75) is 13.5 Å². The van der Waals surface area contributed by atoms with Gasteiger partial charge in [-0.05, 0) is 65.6 Å². The van der Waals surface area contributed by atoms with Crippen LogP contribution >= 0.6 is 11.6 Å². The van der Waals surface area contributed by atoms with E-state index in [4.69, 9.17) is 11.6 Å². The Bertz CT molecular complexity index is 1800. The summed E-state index contributed by atoms with van der Waals surface area (Å²) in [6.45, 7) is 5.38. The van der Waals surface area contributed by atoms with Gasteiger partial charge in [-0.2, -0.15) is 5.10 Å². The van der Waals surface area contributed by atoms with E-state index in [9.17, 15) is 9.59 Å². The maximum atomic E-state index is 13.1. The Morgan fingerprint density at radius 1 is 1.00 bits per heavy atom. The number of nitrogens with zero attached hydrogens (tertiary/aromatic N) is 4. The van der Waals surface area contributed by atoms with Gasteiger partial charge in [0.25, 0.3) is 11.5 Å².